The summed E-state index contributed by atoms with van der Waals surface area (Å²) >= 11 is 0. The highest BCUT2D eigenvalue weighted by Crippen LogP contribution is 2.77. The fraction of sp³-hybridized carbons (Fsp3) is 0.776. The first-order chi connectivity index (χ1) is 26.2. The normalized spacial score (nSPS) is 38.6. The molecule has 6 aliphatic rings. The average Bonchev–Trinajstić information content (AvgIpc) is 3.48. The third kappa shape index (κ3) is 7.28. The van der Waals surface area contributed by atoms with E-state index < -0.39 is 23.0 Å². The molecule has 316 valence electrons. The Morgan fingerprint density at radius 3 is 2.16 bits per heavy atom. The third-order valence-electron chi connectivity index (χ3n) is 17.3. The molecule has 10 atom stereocenters. The van der Waals surface area contributed by atoms with Gasteiger partial charge < -0.3 is 24.6 Å². The summed E-state index contributed by atoms with van der Waals surface area (Å²) in [5.74, 6) is 8.47. The minimum atomic E-state index is -1.16. The number of rotatable bonds is 6. The number of carboxylic acid groups (broad SMARTS) is 1. The summed E-state index contributed by atoms with van der Waals surface area (Å²) < 4.78 is 11.8. The molecule has 0 aromatic carbocycles. The Hall–Kier alpha value is -3.21. The molecule has 0 saturated heterocycles. The SMILES string of the molecule is C=C(O)C1=C(C#C[C@]23CCC(C(=C)C)C2C2CCC4[C@@]5(C)CC[C@H](OC(=O)CC(C)(C)C(=O)O)C(C)(C)C5CC[C@@]4(C)[C@]2(C)CC3)CCN(C(=O)OC(C)(C)C)C1. The zero-order chi connectivity index (χ0) is 42.3. The molecular formula is C49H73NO7. The quantitative estimate of drug-likeness (QED) is 0.119. The minimum Gasteiger partial charge on any atom is -0.508 e. The van der Waals surface area contributed by atoms with Gasteiger partial charge in [0, 0.05) is 28.5 Å². The van der Waals surface area contributed by atoms with E-state index in [2.05, 4.69) is 66.5 Å². The number of allylic oxidation sites excluding steroid dienone is 1. The summed E-state index contributed by atoms with van der Waals surface area (Å²) in [7, 11) is 0. The van der Waals surface area contributed by atoms with E-state index in [1.54, 1.807) is 18.7 Å². The van der Waals surface area contributed by atoms with Gasteiger partial charge in [-0.05, 0) is 158 Å². The van der Waals surface area contributed by atoms with Crippen molar-refractivity contribution in [2.24, 2.45) is 62.1 Å². The lowest BCUT2D eigenvalue weighted by Gasteiger charge is -2.72. The lowest BCUT2D eigenvalue weighted by molar-refractivity contribution is -0.247. The monoisotopic (exact) mass is 788 g/mol. The van der Waals surface area contributed by atoms with Crippen molar-refractivity contribution in [3.05, 3.63) is 35.6 Å². The van der Waals surface area contributed by atoms with Crippen molar-refractivity contribution >= 4 is 18.0 Å². The Morgan fingerprint density at radius 1 is 0.860 bits per heavy atom. The number of hydrogen-bond donors (Lipinski definition) is 2. The number of carboxylic acids is 1. The maximum Gasteiger partial charge on any atom is 0.410 e. The summed E-state index contributed by atoms with van der Waals surface area (Å²) in [5.41, 5.74) is 1.06. The van der Waals surface area contributed by atoms with Crippen molar-refractivity contribution in [2.75, 3.05) is 13.1 Å². The topological polar surface area (TPSA) is 113 Å². The number of aliphatic hydroxyl groups is 1. The smallest absolute Gasteiger partial charge is 0.410 e. The van der Waals surface area contributed by atoms with Crippen LogP contribution in [0.1, 0.15) is 153 Å². The molecule has 2 N–H and O–H groups in total. The fourth-order valence-electron chi connectivity index (χ4n) is 14.0. The van der Waals surface area contributed by atoms with E-state index in [4.69, 9.17) is 9.47 Å². The largest absolute Gasteiger partial charge is 0.508 e. The minimum absolute atomic E-state index is 0.0306. The number of aliphatic hydroxyl groups excluding tert-OH is 1. The number of carbonyl (C=O) groups is 3. The van der Waals surface area contributed by atoms with Crippen LogP contribution in [0.5, 0.6) is 0 Å². The van der Waals surface area contributed by atoms with Crippen LogP contribution in [0.4, 0.5) is 4.79 Å². The molecule has 1 heterocycles. The number of nitrogens with zero attached hydrogens (tertiary/aromatic N) is 1. The first kappa shape index (κ1) is 43.4. The van der Waals surface area contributed by atoms with Crippen LogP contribution < -0.4 is 0 Å². The number of hydrogen-bond acceptors (Lipinski definition) is 6. The van der Waals surface area contributed by atoms with Crippen LogP contribution in [0, 0.1) is 73.9 Å². The number of aliphatic carboxylic acids is 1. The molecule has 6 rings (SSSR count). The standard InChI is InChI=1S/C49H73NO7/c1-30(2)33-17-24-49(23-16-32-20-27-50(29-34(32)31(3)51)42(55)57-43(4,5)6)26-25-47(12)35(40(33)49)14-15-37-46(11)21-19-38(56-39(52)28-44(7,8)41(53)54)45(9,10)36(46)18-22-48(37,47)13/h33,35-38,40,51H,1,3,14-15,17-22,24-29H2,2,4-13H3,(H,53,54)/t33?,35?,36?,37?,38-,40?,46-,47+,48+,49+/m0/s1. The summed E-state index contributed by atoms with van der Waals surface area (Å²) in [5, 5.41) is 20.4. The van der Waals surface area contributed by atoms with Crippen molar-refractivity contribution < 1.29 is 34.1 Å². The van der Waals surface area contributed by atoms with Gasteiger partial charge >= 0.3 is 18.0 Å². The zero-order valence-corrected chi connectivity index (χ0v) is 37.2. The van der Waals surface area contributed by atoms with E-state index in [-0.39, 0.29) is 58.0 Å². The fourth-order valence-corrected chi connectivity index (χ4v) is 14.0. The summed E-state index contributed by atoms with van der Waals surface area (Å²) in [6.07, 6.45) is 10.6. The second-order valence-corrected chi connectivity index (χ2v) is 22.4. The van der Waals surface area contributed by atoms with Crippen molar-refractivity contribution in [3.8, 4) is 11.8 Å². The van der Waals surface area contributed by atoms with Gasteiger partial charge in [-0.2, -0.15) is 0 Å². The van der Waals surface area contributed by atoms with E-state index in [0.717, 1.165) is 56.9 Å². The van der Waals surface area contributed by atoms with Gasteiger partial charge in [0.15, 0.2) is 0 Å². The van der Waals surface area contributed by atoms with E-state index in [1.165, 1.54) is 18.4 Å². The van der Waals surface area contributed by atoms with Crippen LogP contribution in [0.15, 0.2) is 35.6 Å². The maximum absolute atomic E-state index is 13.2. The predicted octanol–water partition coefficient (Wildman–Crippen LogP) is 11.1. The molecule has 5 aliphatic carbocycles. The number of esters is 1. The van der Waals surface area contributed by atoms with Crippen LogP contribution in [0.3, 0.4) is 0 Å². The Labute approximate surface area is 343 Å². The third-order valence-corrected chi connectivity index (χ3v) is 17.3. The number of amides is 1. The van der Waals surface area contributed by atoms with Crippen molar-refractivity contribution in [1.82, 2.24) is 4.90 Å². The molecule has 5 unspecified atom stereocenters. The first-order valence-corrected chi connectivity index (χ1v) is 21.9. The van der Waals surface area contributed by atoms with Gasteiger partial charge in [0.05, 0.1) is 18.4 Å². The number of ether oxygens (including phenoxy) is 2. The Balaban J connectivity index is 1.27. The molecule has 5 fully saturated rings. The summed E-state index contributed by atoms with van der Waals surface area (Å²) in [6.45, 7) is 32.6. The van der Waals surface area contributed by atoms with Gasteiger partial charge in [-0.15, -0.1) is 0 Å². The van der Waals surface area contributed by atoms with Crippen LogP contribution in [0.2, 0.25) is 0 Å². The van der Waals surface area contributed by atoms with Crippen molar-refractivity contribution in [3.63, 3.8) is 0 Å². The molecule has 0 radical (unpaired) electrons. The lowest BCUT2D eigenvalue weighted by atomic mass is 9.32. The highest BCUT2D eigenvalue weighted by molar-refractivity contribution is 5.81. The van der Waals surface area contributed by atoms with E-state index >= 15 is 0 Å². The van der Waals surface area contributed by atoms with Gasteiger partial charge in [0.25, 0.3) is 0 Å². The van der Waals surface area contributed by atoms with E-state index in [1.807, 2.05) is 20.8 Å². The van der Waals surface area contributed by atoms with Crippen molar-refractivity contribution in [1.29, 1.82) is 0 Å². The Morgan fingerprint density at radius 2 is 1.54 bits per heavy atom. The molecule has 0 aromatic rings. The second kappa shape index (κ2) is 14.5. The number of fused-ring (bicyclic) bond motifs is 7. The van der Waals surface area contributed by atoms with Gasteiger partial charge in [-0.25, -0.2) is 4.79 Å². The molecule has 1 amide bonds. The highest BCUT2D eigenvalue weighted by Gasteiger charge is 2.71. The lowest BCUT2D eigenvalue weighted by Crippen LogP contribution is -2.66. The van der Waals surface area contributed by atoms with Crippen molar-refractivity contribution in [2.45, 2.75) is 165 Å². The Bertz CT molecular complexity index is 1790. The molecule has 0 spiro atoms. The summed E-state index contributed by atoms with van der Waals surface area (Å²) in [6, 6.07) is 0. The van der Waals surface area contributed by atoms with Crippen LogP contribution in [0.25, 0.3) is 0 Å². The Kier molecular flexibility index (Phi) is 11.0. The highest BCUT2D eigenvalue weighted by atomic mass is 16.6. The molecule has 57 heavy (non-hydrogen) atoms. The van der Waals surface area contributed by atoms with Crippen LogP contribution in [-0.4, -0.2) is 57.9 Å². The number of carbonyl (C=O) groups excluding carboxylic acids is 2. The van der Waals surface area contributed by atoms with Crippen LogP contribution >= 0.6 is 0 Å². The predicted molar refractivity (Wildman–Crippen MR) is 224 cm³/mol. The molecule has 0 bridgehead atoms. The van der Waals surface area contributed by atoms with Gasteiger partial charge in [0.2, 0.25) is 0 Å². The van der Waals surface area contributed by atoms with Gasteiger partial charge in [-0.1, -0.05) is 65.2 Å². The molecule has 8 nitrogen and oxygen atoms in total. The zero-order valence-electron chi connectivity index (χ0n) is 37.2. The van der Waals surface area contributed by atoms with E-state index in [0.29, 0.717) is 48.1 Å². The molecule has 8 heteroatoms. The van der Waals surface area contributed by atoms with E-state index in [9.17, 15) is 24.6 Å². The molecule has 5 saturated carbocycles. The van der Waals surface area contributed by atoms with Gasteiger partial charge in [-0.3, -0.25) is 9.59 Å². The second-order valence-electron chi connectivity index (χ2n) is 22.4. The maximum atomic E-state index is 13.2. The van der Waals surface area contributed by atoms with Crippen LogP contribution in [-0.2, 0) is 19.1 Å². The molecular weight excluding hydrogens is 715 g/mol. The summed E-state index contributed by atoms with van der Waals surface area (Å²) in [4.78, 5) is 39.5. The molecule has 0 aromatic heterocycles. The first-order valence-electron chi connectivity index (χ1n) is 21.9. The molecule has 1 aliphatic heterocycles. The average molecular weight is 788 g/mol. The van der Waals surface area contributed by atoms with Gasteiger partial charge in [0.1, 0.15) is 17.5 Å².